The molecule has 9 nitrogen and oxygen atoms in total. The smallest absolute Gasteiger partial charge is 0.478 e. The minimum atomic E-state index is -3.05. The van der Waals surface area contributed by atoms with E-state index < -0.39 is 54.4 Å². The average Bonchev–Trinajstić information content (AvgIpc) is 3.02. The van der Waals surface area contributed by atoms with E-state index in [1.807, 2.05) is 0 Å². The number of hydrogen-bond acceptors (Lipinski definition) is 8. The molecule has 1 fully saturated rings. The topological polar surface area (TPSA) is 134 Å². The maximum absolute atomic E-state index is 14.5. The Kier molecular flexibility index (Phi) is 11.1. The van der Waals surface area contributed by atoms with Crippen molar-refractivity contribution in [3.05, 3.63) is 35.6 Å². The van der Waals surface area contributed by atoms with Gasteiger partial charge in [-0.25, -0.2) is 18.4 Å². The summed E-state index contributed by atoms with van der Waals surface area (Å²) in [4.78, 5) is 36.4. The van der Waals surface area contributed by atoms with Gasteiger partial charge in [-0.1, -0.05) is 53.7 Å². The van der Waals surface area contributed by atoms with E-state index in [-0.39, 0.29) is 30.0 Å². The largest absolute Gasteiger partial charge is 0.511 e. The number of carboxylic acid groups (broad SMARTS) is 1. The van der Waals surface area contributed by atoms with E-state index in [0.29, 0.717) is 17.9 Å². The summed E-state index contributed by atoms with van der Waals surface area (Å²) in [5.41, 5.74) is 5.56. The van der Waals surface area contributed by atoms with E-state index in [2.05, 4.69) is 34.6 Å². The first-order valence-corrected chi connectivity index (χ1v) is 13.6. The molecule has 0 heterocycles. The highest BCUT2D eigenvalue weighted by Crippen LogP contribution is 2.58. The van der Waals surface area contributed by atoms with Crippen LogP contribution in [0.2, 0.25) is 0 Å². The molecule has 0 bridgehead atoms. The molecule has 1 aliphatic carbocycles. The maximum Gasteiger partial charge on any atom is 0.511 e. The lowest BCUT2D eigenvalue weighted by molar-refractivity contribution is -0.173. The average molecular weight is 572 g/mol. The van der Waals surface area contributed by atoms with E-state index in [4.69, 9.17) is 29.8 Å². The molecule has 3 N–H and O–H groups in total. The van der Waals surface area contributed by atoms with Gasteiger partial charge in [0.25, 0.3) is 5.79 Å². The van der Waals surface area contributed by atoms with Crippen molar-refractivity contribution < 1.29 is 47.2 Å². The van der Waals surface area contributed by atoms with Gasteiger partial charge in [0.2, 0.25) is 6.29 Å². The maximum atomic E-state index is 14.5. The first-order chi connectivity index (χ1) is 18.4. The highest BCUT2D eigenvalue weighted by Gasteiger charge is 2.56. The van der Waals surface area contributed by atoms with Crippen molar-refractivity contribution in [3.8, 4) is 0 Å². The van der Waals surface area contributed by atoms with Crippen LogP contribution in [0.5, 0.6) is 0 Å². The monoisotopic (exact) mass is 571 g/mol. The molecule has 0 saturated heterocycles. The second kappa shape index (κ2) is 13.2. The normalized spacial score (nSPS) is 25.8. The fourth-order valence-electron chi connectivity index (χ4n) is 5.22. The van der Waals surface area contributed by atoms with Crippen molar-refractivity contribution >= 4 is 18.1 Å². The molecule has 1 saturated carbocycles. The van der Waals surface area contributed by atoms with Gasteiger partial charge in [-0.3, -0.25) is 10.5 Å². The third-order valence-corrected chi connectivity index (χ3v) is 8.97. The molecule has 1 aromatic rings. The minimum Gasteiger partial charge on any atom is -0.478 e. The van der Waals surface area contributed by atoms with Crippen molar-refractivity contribution in [2.45, 2.75) is 105 Å². The van der Waals surface area contributed by atoms with Crippen molar-refractivity contribution in [1.29, 1.82) is 0 Å². The summed E-state index contributed by atoms with van der Waals surface area (Å²) in [6.45, 7) is 13.1. The zero-order valence-electron chi connectivity index (χ0n) is 24.4. The molecule has 0 spiro atoms. The highest BCUT2D eigenvalue weighted by atomic mass is 19.1. The summed E-state index contributed by atoms with van der Waals surface area (Å²) in [6, 6.07) is 5.42. The standard InChI is InChI=1S/C29H43F2NO8/c1-8-28(7)23(14-17(2)27(28,5)6)40-26(36)39-19(4)38-24(33)15-22(13-18(3)29(31,32)25(34)35)37-16-20-9-11-21(30)12-10-20/h9-12,17-19,22-23H,8,13-16,32H2,1-7H3,(H,34,35)/t17-,18?,19?,22-,23+,28?,29-/m1/s1. The second-order valence-electron chi connectivity index (χ2n) is 11.6. The lowest BCUT2D eigenvalue weighted by atomic mass is 9.64. The fraction of sp³-hybridized carbons (Fsp3) is 0.690. The zero-order valence-corrected chi connectivity index (χ0v) is 24.4. The summed E-state index contributed by atoms with van der Waals surface area (Å²) in [5, 5.41) is 9.11. The van der Waals surface area contributed by atoms with E-state index in [1.165, 1.54) is 38.1 Å². The zero-order chi connectivity index (χ0) is 30.5. The van der Waals surface area contributed by atoms with Crippen LogP contribution >= 0.6 is 0 Å². The number of carbonyl (C=O) groups is 3. The third kappa shape index (κ3) is 7.90. The van der Waals surface area contributed by atoms with Crippen molar-refractivity contribution in [3.63, 3.8) is 0 Å². The predicted molar refractivity (Wildman–Crippen MR) is 142 cm³/mol. The number of alkyl halides is 1. The molecule has 0 aliphatic heterocycles. The SMILES string of the molecule is CCC1(C)[C@@H](OC(=O)OC(C)OC(=O)C[C@@H](CC(C)[C@](N)(F)C(=O)O)OCc2ccc(F)cc2)C[C@@H](C)C1(C)C. The Labute approximate surface area is 234 Å². The number of carbonyl (C=O) groups excluding carboxylic acids is 2. The molecule has 7 atom stereocenters. The van der Waals surface area contributed by atoms with Gasteiger partial charge < -0.3 is 24.1 Å². The molecular weight excluding hydrogens is 528 g/mol. The Morgan fingerprint density at radius 3 is 2.30 bits per heavy atom. The molecule has 226 valence electrons. The Bertz CT molecular complexity index is 1030. The van der Waals surface area contributed by atoms with E-state index in [1.54, 1.807) is 0 Å². The molecule has 3 unspecified atom stereocenters. The molecule has 2 rings (SSSR count). The van der Waals surface area contributed by atoms with Crippen LogP contribution in [-0.4, -0.2) is 47.5 Å². The molecule has 1 aliphatic rings. The predicted octanol–water partition coefficient (Wildman–Crippen LogP) is 5.73. The Balaban J connectivity index is 1.99. The highest BCUT2D eigenvalue weighted by molar-refractivity contribution is 5.76. The van der Waals surface area contributed by atoms with Crippen molar-refractivity contribution in [2.75, 3.05) is 0 Å². The molecule has 11 heteroatoms. The Morgan fingerprint density at radius 2 is 1.75 bits per heavy atom. The summed E-state index contributed by atoms with van der Waals surface area (Å²) >= 11 is 0. The molecule has 40 heavy (non-hydrogen) atoms. The lowest BCUT2D eigenvalue weighted by Crippen LogP contribution is -2.50. The quantitative estimate of drug-likeness (QED) is 0.173. The van der Waals surface area contributed by atoms with Gasteiger partial charge in [0, 0.05) is 18.3 Å². The first kappa shape index (κ1) is 33.4. The number of benzene rings is 1. The van der Waals surface area contributed by atoms with E-state index in [9.17, 15) is 23.2 Å². The van der Waals surface area contributed by atoms with Gasteiger partial charge >= 0.3 is 18.1 Å². The number of nitrogens with two attached hydrogens (primary N) is 1. The number of rotatable bonds is 13. The minimum absolute atomic E-state index is 0.0629. The number of ether oxygens (including phenoxy) is 4. The van der Waals surface area contributed by atoms with Crippen LogP contribution < -0.4 is 5.73 Å². The van der Waals surface area contributed by atoms with Gasteiger partial charge in [0.15, 0.2) is 0 Å². The summed E-state index contributed by atoms with van der Waals surface area (Å²) in [5.74, 6) is -7.09. The van der Waals surface area contributed by atoms with E-state index >= 15 is 0 Å². The van der Waals surface area contributed by atoms with Gasteiger partial charge in [-0.05, 0) is 48.3 Å². The lowest BCUT2D eigenvalue weighted by Gasteiger charge is -2.42. The summed E-state index contributed by atoms with van der Waals surface area (Å²) < 4.78 is 49.5. The van der Waals surface area contributed by atoms with Gasteiger partial charge in [0.1, 0.15) is 11.9 Å². The molecule has 0 aromatic heterocycles. The van der Waals surface area contributed by atoms with Gasteiger partial charge in [-0.2, -0.15) is 0 Å². The van der Waals surface area contributed by atoms with Gasteiger partial charge in [0.05, 0.1) is 19.1 Å². The second-order valence-corrected chi connectivity index (χ2v) is 11.6. The van der Waals surface area contributed by atoms with Gasteiger partial charge in [-0.15, -0.1) is 0 Å². The molecule has 0 amide bonds. The van der Waals surface area contributed by atoms with Crippen LogP contribution in [0.15, 0.2) is 24.3 Å². The molecule has 0 radical (unpaired) electrons. The van der Waals surface area contributed by atoms with Crippen LogP contribution in [0.25, 0.3) is 0 Å². The Morgan fingerprint density at radius 1 is 1.15 bits per heavy atom. The number of hydrogen-bond donors (Lipinski definition) is 2. The summed E-state index contributed by atoms with van der Waals surface area (Å²) in [7, 11) is 0. The molecular formula is C29H43F2NO8. The summed E-state index contributed by atoms with van der Waals surface area (Å²) in [6.07, 6.45) is -2.78. The Hall–Kier alpha value is -2.79. The number of halogens is 2. The third-order valence-electron chi connectivity index (χ3n) is 8.97. The number of esters is 1. The van der Waals surface area contributed by atoms with Crippen LogP contribution in [0.1, 0.15) is 79.7 Å². The van der Waals surface area contributed by atoms with Crippen LogP contribution in [0, 0.1) is 28.5 Å². The number of aliphatic carboxylic acids is 1. The van der Waals surface area contributed by atoms with Crippen LogP contribution in [0.4, 0.5) is 13.6 Å². The van der Waals surface area contributed by atoms with Crippen LogP contribution in [0.3, 0.4) is 0 Å². The first-order valence-electron chi connectivity index (χ1n) is 13.6. The molecule has 1 aromatic carbocycles. The van der Waals surface area contributed by atoms with Crippen molar-refractivity contribution in [2.24, 2.45) is 28.4 Å². The number of carboxylic acids is 1. The fourth-order valence-corrected chi connectivity index (χ4v) is 5.22. The van der Waals surface area contributed by atoms with E-state index in [0.717, 1.165) is 6.42 Å². The van der Waals surface area contributed by atoms with Crippen LogP contribution in [-0.2, 0) is 35.1 Å². The van der Waals surface area contributed by atoms with Crippen molar-refractivity contribution in [1.82, 2.24) is 0 Å².